The highest BCUT2D eigenvalue weighted by molar-refractivity contribution is 7.80. The van der Waals surface area contributed by atoms with Crippen LogP contribution in [-0.2, 0) is 9.59 Å². The van der Waals surface area contributed by atoms with E-state index in [1.165, 1.54) is 4.90 Å². The Labute approximate surface area is 94.8 Å². The maximum Gasteiger partial charge on any atom is 0.233 e. The van der Waals surface area contributed by atoms with Gasteiger partial charge in [-0.25, -0.2) is 0 Å². The van der Waals surface area contributed by atoms with Crippen molar-refractivity contribution in [2.45, 2.75) is 33.2 Å². The molecule has 0 bridgehead atoms. The molecular formula is C10H16N2O2S. The third-order valence-corrected chi connectivity index (χ3v) is 3.63. The maximum atomic E-state index is 11.9. The molecule has 1 saturated heterocycles. The zero-order valence-corrected chi connectivity index (χ0v) is 10.2. The topological polar surface area (TPSA) is 63.4 Å². The van der Waals surface area contributed by atoms with E-state index in [2.05, 4.69) is 0 Å². The Morgan fingerprint density at radius 3 is 1.87 bits per heavy atom. The second kappa shape index (κ2) is 3.56. The fourth-order valence-corrected chi connectivity index (χ4v) is 1.70. The van der Waals surface area contributed by atoms with E-state index >= 15 is 0 Å². The molecular weight excluding hydrogens is 212 g/mol. The molecule has 1 aliphatic rings. The molecule has 4 nitrogen and oxygen atoms in total. The fourth-order valence-electron chi connectivity index (χ4n) is 1.60. The molecule has 0 aromatic carbocycles. The number of likely N-dealkylation sites (tertiary alicyclic amines) is 1. The molecule has 1 heterocycles. The Kier molecular flexibility index (Phi) is 2.87. The summed E-state index contributed by atoms with van der Waals surface area (Å²) < 4.78 is 0. The summed E-state index contributed by atoms with van der Waals surface area (Å²) in [7, 11) is 0. The standard InChI is InChI=1S/C10H16N2O2S/c1-5-6(2)8(14)12(7(5)13)10(3,4)9(11)15/h5-6H,1-4H3,(H2,11,15). The largest absolute Gasteiger partial charge is 0.391 e. The minimum atomic E-state index is -0.872. The smallest absolute Gasteiger partial charge is 0.233 e. The molecule has 0 saturated carbocycles. The van der Waals surface area contributed by atoms with E-state index < -0.39 is 5.54 Å². The molecule has 1 rings (SSSR count). The molecule has 0 aromatic heterocycles. The third kappa shape index (κ3) is 1.65. The molecule has 2 unspecified atom stereocenters. The van der Waals surface area contributed by atoms with E-state index in [-0.39, 0.29) is 28.6 Å². The Morgan fingerprint density at radius 2 is 1.60 bits per heavy atom. The first-order chi connectivity index (χ1) is 6.71. The molecule has 0 radical (unpaired) electrons. The molecule has 0 aromatic rings. The van der Waals surface area contributed by atoms with Crippen molar-refractivity contribution in [1.29, 1.82) is 0 Å². The number of nitrogens with two attached hydrogens (primary N) is 1. The molecule has 2 N–H and O–H groups in total. The average Bonchev–Trinajstić information content (AvgIpc) is 2.31. The summed E-state index contributed by atoms with van der Waals surface area (Å²) in [5, 5.41) is 0. The number of rotatable bonds is 2. The lowest BCUT2D eigenvalue weighted by Crippen LogP contribution is -2.55. The highest BCUT2D eigenvalue weighted by Crippen LogP contribution is 2.31. The second-order valence-electron chi connectivity index (χ2n) is 4.51. The lowest BCUT2D eigenvalue weighted by molar-refractivity contribution is -0.143. The van der Waals surface area contributed by atoms with Gasteiger partial charge in [-0.3, -0.25) is 14.5 Å². The molecule has 1 aliphatic heterocycles. The highest BCUT2D eigenvalue weighted by Gasteiger charge is 2.49. The van der Waals surface area contributed by atoms with Crippen LogP contribution in [0, 0.1) is 11.8 Å². The number of carbonyl (C=O) groups is 2. The van der Waals surface area contributed by atoms with Crippen LogP contribution in [-0.4, -0.2) is 27.2 Å². The number of hydrogen-bond donors (Lipinski definition) is 1. The number of imide groups is 1. The summed E-state index contributed by atoms with van der Waals surface area (Å²) in [6, 6.07) is 0. The van der Waals surface area contributed by atoms with E-state index in [1.807, 2.05) is 0 Å². The van der Waals surface area contributed by atoms with Gasteiger partial charge < -0.3 is 5.73 Å². The number of thiocarbonyl (C=S) groups is 1. The number of carbonyl (C=O) groups excluding carboxylic acids is 2. The molecule has 1 fully saturated rings. The van der Waals surface area contributed by atoms with Crippen molar-refractivity contribution in [2.75, 3.05) is 0 Å². The van der Waals surface area contributed by atoms with Gasteiger partial charge in [-0.1, -0.05) is 26.1 Å². The van der Waals surface area contributed by atoms with Gasteiger partial charge in [-0.05, 0) is 13.8 Å². The first kappa shape index (κ1) is 12.1. The Balaban J connectivity index is 3.12. The Morgan fingerprint density at radius 1 is 1.27 bits per heavy atom. The lowest BCUT2D eigenvalue weighted by atomic mass is 10.00. The van der Waals surface area contributed by atoms with Gasteiger partial charge in [0.1, 0.15) is 0 Å². The van der Waals surface area contributed by atoms with E-state index in [4.69, 9.17) is 18.0 Å². The van der Waals surface area contributed by atoms with Gasteiger partial charge in [-0.2, -0.15) is 0 Å². The predicted molar refractivity (Wildman–Crippen MR) is 61.0 cm³/mol. The van der Waals surface area contributed by atoms with Gasteiger partial charge in [0, 0.05) is 11.8 Å². The van der Waals surface area contributed by atoms with Gasteiger partial charge >= 0.3 is 0 Å². The zero-order valence-electron chi connectivity index (χ0n) is 9.40. The van der Waals surface area contributed by atoms with Gasteiger partial charge in [0.15, 0.2) is 0 Å². The summed E-state index contributed by atoms with van der Waals surface area (Å²) in [6.07, 6.45) is 0. The van der Waals surface area contributed by atoms with Crippen LogP contribution in [0.15, 0.2) is 0 Å². The lowest BCUT2D eigenvalue weighted by Gasteiger charge is -2.33. The molecule has 84 valence electrons. The van der Waals surface area contributed by atoms with Gasteiger partial charge in [-0.15, -0.1) is 0 Å². The van der Waals surface area contributed by atoms with E-state index in [0.29, 0.717) is 0 Å². The summed E-state index contributed by atoms with van der Waals surface area (Å²) in [5.41, 5.74) is 4.68. The van der Waals surface area contributed by atoms with Gasteiger partial charge in [0.2, 0.25) is 11.8 Å². The minimum absolute atomic E-state index is 0.158. The fraction of sp³-hybridized carbons (Fsp3) is 0.700. The van der Waals surface area contributed by atoms with Crippen LogP contribution < -0.4 is 5.73 Å². The second-order valence-corrected chi connectivity index (χ2v) is 4.95. The zero-order chi connectivity index (χ0) is 12.0. The maximum absolute atomic E-state index is 11.9. The third-order valence-electron chi connectivity index (χ3n) is 3.13. The van der Waals surface area contributed by atoms with E-state index in [0.717, 1.165) is 0 Å². The summed E-state index contributed by atoms with van der Waals surface area (Å²) in [6.45, 7) is 6.88. The van der Waals surface area contributed by atoms with Crippen LogP contribution in [0.3, 0.4) is 0 Å². The van der Waals surface area contributed by atoms with Crippen LogP contribution in [0.5, 0.6) is 0 Å². The first-order valence-electron chi connectivity index (χ1n) is 4.89. The monoisotopic (exact) mass is 228 g/mol. The van der Waals surface area contributed by atoms with Gasteiger partial charge in [0.05, 0.1) is 10.5 Å². The van der Waals surface area contributed by atoms with Crippen molar-refractivity contribution >= 4 is 29.0 Å². The SMILES string of the molecule is CC1C(=O)N(C(C)(C)C(N)=S)C(=O)C1C. The molecule has 2 amide bonds. The van der Waals surface area contributed by atoms with Crippen LogP contribution in [0.25, 0.3) is 0 Å². The van der Waals surface area contributed by atoms with Crippen LogP contribution in [0.1, 0.15) is 27.7 Å². The molecule has 5 heteroatoms. The van der Waals surface area contributed by atoms with Crippen molar-refractivity contribution < 1.29 is 9.59 Å². The van der Waals surface area contributed by atoms with Crippen molar-refractivity contribution in [1.82, 2.24) is 4.90 Å². The van der Waals surface area contributed by atoms with Crippen molar-refractivity contribution in [3.8, 4) is 0 Å². The predicted octanol–water partition coefficient (Wildman–Crippen LogP) is 0.692. The van der Waals surface area contributed by atoms with Crippen molar-refractivity contribution in [3.63, 3.8) is 0 Å². The quantitative estimate of drug-likeness (QED) is 0.558. The van der Waals surface area contributed by atoms with Crippen LogP contribution in [0.2, 0.25) is 0 Å². The van der Waals surface area contributed by atoms with Crippen LogP contribution in [0.4, 0.5) is 0 Å². The normalized spacial score (nSPS) is 27.3. The van der Waals surface area contributed by atoms with E-state index in [9.17, 15) is 9.59 Å². The highest BCUT2D eigenvalue weighted by atomic mass is 32.1. The Hall–Kier alpha value is -0.970. The molecule has 0 spiro atoms. The molecule has 2 atom stereocenters. The summed E-state index contributed by atoms with van der Waals surface area (Å²) in [4.78, 5) is 25.1. The molecule has 0 aliphatic carbocycles. The molecule has 15 heavy (non-hydrogen) atoms. The first-order valence-corrected chi connectivity index (χ1v) is 5.30. The van der Waals surface area contributed by atoms with Crippen molar-refractivity contribution in [2.24, 2.45) is 17.6 Å². The summed E-state index contributed by atoms with van der Waals surface area (Å²) in [5.74, 6) is -0.951. The van der Waals surface area contributed by atoms with Gasteiger partial charge in [0.25, 0.3) is 0 Å². The van der Waals surface area contributed by atoms with E-state index in [1.54, 1.807) is 27.7 Å². The minimum Gasteiger partial charge on any atom is -0.391 e. The number of amides is 2. The van der Waals surface area contributed by atoms with Crippen LogP contribution >= 0.6 is 12.2 Å². The summed E-state index contributed by atoms with van der Waals surface area (Å²) >= 11 is 4.88. The van der Waals surface area contributed by atoms with Crippen molar-refractivity contribution in [3.05, 3.63) is 0 Å². The number of hydrogen-bond acceptors (Lipinski definition) is 3. The average molecular weight is 228 g/mol. The number of nitrogens with zero attached hydrogens (tertiary/aromatic N) is 1. The Bertz CT molecular complexity index is 318.